The third-order valence-corrected chi connectivity index (χ3v) is 5.59. The molecule has 0 aliphatic carbocycles. The number of benzene rings is 1. The van der Waals surface area contributed by atoms with Gasteiger partial charge < -0.3 is 0 Å². The van der Waals surface area contributed by atoms with E-state index in [-0.39, 0.29) is 0 Å². The van der Waals surface area contributed by atoms with Crippen LogP contribution in [-0.4, -0.2) is 4.98 Å². The second-order valence-electron chi connectivity index (χ2n) is 6.36. The van der Waals surface area contributed by atoms with E-state index < -0.39 is 0 Å². The van der Waals surface area contributed by atoms with Crippen LogP contribution in [0, 0.1) is 34.6 Å². The molecule has 0 spiro atoms. The van der Waals surface area contributed by atoms with E-state index >= 15 is 0 Å². The molecule has 0 unspecified atom stereocenters. The molecule has 3 rings (SSSR count). The molecule has 0 bridgehead atoms. The standard InChI is InChI=1S/C20H23N2S/c1-12-9-14(3)15(4)17(10-12)19-16(5)18(21-11-22(19)6)20-13(2)7-8-23-20/h7-11H,1-6H3/q+1. The quantitative estimate of drug-likeness (QED) is 0.616. The van der Waals surface area contributed by atoms with Gasteiger partial charge in [-0.3, -0.25) is 0 Å². The van der Waals surface area contributed by atoms with E-state index in [2.05, 4.69) is 69.8 Å². The molecule has 3 aromatic rings. The fourth-order valence-electron chi connectivity index (χ4n) is 3.20. The summed E-state index contributed by atoms with van der Waals surface area (Å²) in [4.78, 5) is 5.98. The van der Waals surface area contributed by atoms with Crippen molar-refractivity contribution in [3.05, 3.63) is 57.7 Å². The van der Waals surface area contributed by atoms with Gasteiger partial charge in [0.2, 0.25) is 0 Å². The van der Waals surface area contributed by atoms with Crippen molar-refractivity contribution < 1.29 is 4.57 Å². The number of nitrogens with zero attached hydrogens (tertiary/aromatic N) is 2. The van der Waals surface area contributed by atoms with Crippen LogP contribution in [0.2, 0.25) is 0 Å². The number of aromatic nitrogens is 2. The lowest BCUT2D eigenvalue weighted by molar-refractivity contribution is -0.663. The van der Waals surface area contributed by atoms with Crippen LogP contribution in [0.1, 0.15) is 27.8 Å². The molecular formula is C20H23N2S+. The molecular weight excluding hydrogens is 300 g/mol. The Hall–Kier alpha value is -2.00. The van der Waals surface area contributed by atoms with Crippen LogP contribution in [0.25, 0.3) is 21.8 Å². The first-order valence-electron chi connectivity index (χ1n) is 7.88. The summed E-state index contributed by atoms with van der Waals surface area (Å²) in [5.74, 6) is 0. The van der Waals surface area contributed by atoms with E-state index in [4.69, 9.17) is 4.98 Å². The van der Waals surface area contributed by atoms with Gasteiger partial charge in [-0.1, -0.05) is 11.6 Å². The molecule has 0 N–H and O–H groups in total. The highest BCUT2D eigenvalue weighted by atomic mass is 32.1. The number of hydrogen-bond acceptors (Lipinski definition) is 2. The van der Waals surface area contributed by atoms with E-state index in [0.29, 0.717) is 0 Å². The van der Waals surface area contributed by atoms with Crippen molar-refractivity contribution in [3.63, 3.8) is 0 Å². The molecule has 0 amide bonds. The summed E-state index contributed by atoms with van der Waals surface area (Å²) in [6.45, 7) is 10.9. The van der Waals surface area contributed by atoms with Gasteiger partial charge in [-0.05, 0) is 73.8 Å². The average molecular weight is 323 g/mol. The Morgan fingerprint density at radius 1 is 0.957 bits per heavy atom. The van der Waals surface area contributed by atoms with Crippen LogP contribution < -0.4 is 4.57 Å². The molecule has 2 aromatic heterocycles. The largest absolute Gasteiger partial charge is 0.287 e. The van der Waals surface area contributed by atoms with Crippen LogP contribution in [-0.2, 0) is 7.05 Å². The minimum atomic E-state index is 1.10. The van der Waals surface area contributed by atoms with Gasteiger partial charge in [-0.15, -0.1) is 11.3 Å². The first kappa shape index (κ1) is 15.9. The van der Waals surface area contributed by atoms with Gasteiger partial charge in [0.15, 0.2) is 5.69 Å². The minimum absolute atomic E-state index is 1.10. The van der Waals surface area contributed by atoms with Gasteiger partial charge in [-0.2, -0.15) is 0 Å². The molecule has 0 atom stereocenters. The van der Waals surface area contributed by atoms with E-state index in [1.165, 1.54) is 44.0 Å². The van der Waals surface area contributed by atoms with Crippen molar-refractivity contribution in [2.24, 2.45) is 7.05 Å². The summed E-state index contributed by atoms with van der Waals surface area (Å²) in [7, 11) is 2.08. The molecule has 23 heavy (non-hydrogen) atoms. The Balaban J connectivity index is 2.31. The summed E-state index contributed by atoms with van der Waals surface area (Å²) in [6, 6.07) is 6.70. The second kappa shape index (κ2) is 5.89. The van der Waals surface area contributed by atoms with Gasteiger partial charge in [0.05, 0.1) is 11.9 Å². The monoisotopic (exact) mass is 323 g/mol. The molecule has 2 heterocycles. The second-order valence-corrected chi connectivity index (χ2v) is 7.28. The molecule has 2 nitrogen and oxygen atoms in total. The van der Waals surface area contributed by atoms with Crippen LogP contribution >= 0.6 is 11.3 Å². The van der Waals surface area contributed by atoms with Crippen molar-refractivity contribution in [3.8, 4) is 21.8 Å². The maximum absolute atomic E-state index is 4.72. The summed E-state index contributed by atoms with van der Waals surface area (Å²) < 4.78 is 2.14. The van der Waals surface area contributed by atoms with E-state index in [1.54, 1.807) is 11.3 Å². The number of hydrogen-bond donors (Lipinski definition) is 0. The van der Waals surface area contributed by atoms with Gasteiger partial charge in [0.1, 0.15) is 5.69 Å². The lowest BCUT2D eigenvalue weighted by Crippen LogP contribution is -2.33. The Bertz CT molecular complexity index is 891. The molecule has 0 aliphatic rings. The lowest BCUT2D eigenvalue weighted by Gasteiger charge is -2.13. The average Bonchev–Trinajstić information content (AvgIpc) is 2.90. The molecule has 118 valence electrons. The van der Waals surface area contributed by atoms with E-state index in [9.17, 15) is 0 Å². The summed E-state index contributed by atoms with van der Waals surface area (Å²) in [5, 5.41) is 2.14. The fraction of sp³-hybridized carbons (Fsp3) is 0.300. The highest BCUT2D eigenvalue weighted by Gasteiger charge is 2.22. The first-order chi connectivity index (χ1) is 10.9. The van der Waals surface area contributed by atoms with Crippen LogP contribution in [0.4, 0.5) is 0 Å². The van der Waals surface area contributed by atoms with Crippen molar-refractivity contribution in [2.45, 2.75) is 34.6 Å². The summed E-state index contributed by atoms with van der Waals surface area (Å²) in [6.07, 6.45) is 1.94. The lowest BCUT2D eigenvalue weighted by atomic mass is 9.94. The topological polar surface area (TPSA) is 16.8 Å². The zero-order chi connectivity index (χ0) is 16.7. The zero-order valence-electron chi connectivity index (χ0n) is 14.7. The molecule has 0 saturated carbocycles. The van der Waals surface area contributed by atoms with E-state index in [1.807, 2.05) is 6.33 Å². The number of aryl methyl sites for hydroxylation is 4. The number of rotatable bonds is 2. The Morgan fingerprint density at radius 2 is 1.70 bits per heavy atom. The third kappa shape index (κ3) is 2.70. The van der Waals surface area contributed by atoms with Gasteiger partial charge >= 0.3 is 0 Å². The van der Waals surface area contributed by atoms with Crippen molar-refractivity contribution in [2.75, 3.05) is 0 Å². The normalized spacial score (nSPS) is 11.0. The maximum Gasteiger partial charge on any atom is 0.287 e. The minimum Gasteiger partial charge on any atom is -0.232 e. The Kier molecular flexibility index (Phi) is 4.07. The highest BCUT2D eigenvalue weighted by Crippen LogP contribution is 2.34. The maximum atomic E-state index is 4.72. The molecule has 1 aromatic carbocycles. The van der Waals surface area contributed by atoms with Crippen LogP contribution in [0.15, 0.2) is 29.9 Å². The Labute approximate surface area is 142 Å². The number of thiophene rings is 1. The van der Waals surface area contributed by atoms with Crippen molar-refractivity contribution in [1.82, 2.24) is 4.98 Å². The smallest absolute Gasteiger partial charge is 0.232 e. The van der Waals surface area contributed by atoms with Gasteiger partial charge in [0.25, 0.3) is 6.33 Å². The SMILES string of the molecule is Cc1cc(C)c(C)c(-c2c(C)c(-c3sccc3C)nc[n+]2C)c1. The third-order valence-electron chi connectivity index (χ3n) is 4.57. The summed E-state index contributed by atoms with van der Waals surface area (Å²) in [5.41, 5.74) is 10.2. The first-order valence-corrected chi connectivity index (χ1v) is 8.76. The highest BCUT2D eigenvalue weighted by molar-refractivity contribution is 7.13. The Morgan fingerprint density at radius 3 is 2.35 bits per heavy atom. The predicted molar refractivity (Wildman–Crippen MR) is 97.8 cm³/mol. The van der Waals surface area contributed by atoms with Crippen LogP contribution in [0.3, 0.4) is 0 Å². The van der Waals surface area contributed by atoms with Gasteiger partial charge in [-0.25, -0.2) is 4.57 Å². The van der Waals surface area contributed by atoms with Crippen LogP contribution in [0.5, 0.6) is 0 Å². The fourth-order valence-corrected chi connectivity index (χ4v) is 4.18. The molecule has 0 radical (unpaired) electrons. The van der Waals surface area contributed by atoms with Crippen molar-refractivity contribution in [1.29, 1.82) is 0 Å². The summed E-state index contributed by atoms with van der Waals surface area (Å²) >= 11 is 1.77. The zero-order valence-corrected chi connectivity index (χ0v) is 15.5. The molecule has 0 saturated heterocycles. The predicted octanol–water partition coefficient (Wildman–Crippen LogP) is 4.84. The molecule has 0 fully saturated rings. The van der Waals surface area contributed by atoms with Gasteiger partial charge in [0, 0.05) is 11.1 Å². The molecule has 0 aliphatic heterocycles. The van der Waals surface area contributed by atoms with Crippen molar-refractivity contribution >= 4 is 11.3 Å². The van der Waals surface area contributed by atoms with E-state index in [0.717, 1.165) is 5.69 Å². The molecule has 3 heteroatoms.